The molecule has 1 aliphatic carbocycles. The lowest BCUT2D eigenvalue weighted by atomic mass is 10.2. The second kappa shape index (κ2) is 7.43. The van der Waals surface area contributed by atoms with E-state index in [1.165, 1.54) is 52.0 Å². The van der Waals surface area contributed by atoms with Crippen LogP contribution in [0.5, 0.6) is 0 Å². The molecule has 1 N–H and O–H groups in total. The third kappa shape index (κ3) is 4.83. The first kappa shape index (κ1) is 15.1. The molecule has 2 heterocycles. The van der Waals surface area contributed by atoms with E-state index in [0.717, 1.165) is 37.1 Å². The third-order valence-electron chi connectivity index (χ3n) is 4.50. The van der Waals surface area contributed by atoms with Crippen molar-refractivity contribution in [3.05, 3.63) is 23.7 Å². The van der Waals surface area contributed by atoms with Crippen LogP contribution in [0.3, 0.4) is 0 Å². The Morgan fingerprint density at radius 2 is 1.81 bits per heavy atom. The SMILES string of the molecule is CCCNCc1ccc(CN2CCN(CC3CC3)CC2)o1. The van der Waals surface area contributed by atoms with Crippen LogP contribution in [0, 0.1) is 5.92 Å². The van der Waals surface area contributed by atoms with Gasteiger partial charge in [-0.05, 0) is 43.9 Å². The summed E-state index contributed by atoms with van der Waals surface area (Å²) in [6.07, 6.45) is 4.08. The minimum Gasteiger partial charge on any atom is -0.463 e. The number of rotatable bonds is 8. The molecular weight excluding hydrogens is 262 g/mol. The second-order valence-electron chi connectivity index (χ2n) is 6.56. The summed E-state index contributed by atoms with van der Waals surface area (Å²) in [7, 11) is 0. The first-order valence-electron chi connectivity index (χ1n) is 8.56. The summed E-state index contributed by atoms with van der Waals surface area (Å²) in [6.45, 7) is 11.2. The van der Waals surface area contributed by atoms with Crippen molar-refractivity contribution in [2.45, 2.75) is 39.3 Å². The van der Waals surface area contributed by atoms with E-state index in [-0.39, 0.29) is 0 Å². The van der Waals surface area contributed by atoms with E-state index in [2.05, 4.69) is 34.2 Å². The molecule has 0 amide bonds. The molecule has 1 saturated carbocycles. The van der Waals surface area contributed by atoms with Crippen LogP contribution >= 0.6 is 0 Å². The van der Waals surface area contributed by atoms with Gasteiger partial charge in [-0.2, -0.15) is 0 Å². The van der Waals surface area contributed by atoms with Crippen LogP contribution in [0.2, 0.25) is 0 Å². The van der Waals surface area contributed by atoms with Crippen molar-refractivity contribution in [2.75, 3.05) is 39.3 Å². The average molecular weight is 291 g/mol. The minimum atomic E-state index is 0.850. The standard InChI is InChI=1S/C17H29N3O/c1-2-7-18-12-16-5-6-17(21-16)14-20-10-8-19(9-11-20)13-15-3-4-15/h5-6,15,18H,2-4,7-14H2,1H3. The number of piperazine rings is 1. The number of hydrogen-bond donors (Lipinski definition) is 1. The van der Waals surface area contributed by atoms with Crippen molar-refractivity contribution >= 4 is 0 Å². The number of hydrogen-bond acceptors (Lipinski definition) is 4. The van der Waals surface area contributed by atoms with E-state index in [4.69, 9.17) is 4.42 Å². The van der Waals surface area contributed by atoms with Gasteiger partial charge in [0.15, 0.2) is 0 Å². The van der Waals surface area contributed by atoms with E-state index in [9.17, 15) is 0 Å². The van der Waals surface area contributed by atoms with E-state index >= 15 is 0 Å². The zero-order chi connectivity index (χ0) is 14.5. The Balaban J connectivity index is 1.38. The van der Waals surface area contributed by atoms with E-state index in [0.29, 0.717) is 0 Å². The molecule has 21 heavy (non-hydrogen) atoms. The number of furan rings is 1. The highest BCUT2D eigenvalue weighted by Gasteiger charge is 2.26. The fourth-order valence-electron chi connectivity index (χ4n) is 3.01. The molecule has 4 heteroatoms. The lowest BCUT2D eigenvalue weighted by molar-refractivity contribution is 0.117. The van der Waals surface area contributed by atoms with Gasteiger partial charge in [-0.1, -0.05) is 6.92 Å². The van der Waals surface area contributed by atoms with Crippen LogP contribution in [-0.2, 0) is 13.1 Å². The predicted molar refractivity (Wildman–Crippen MR) is 85.1 cm³/mol. The summed E-state index contributed by atoms with van der Waals surface area (Å²) in [4.78, 5) is 5.15. The van der Waals surface area contributed by atoms with Crippen LogP contribution in [-0.4, -0.2) is 49.1 Å². The van der Waals surface area contributed by atoms with Crippen molar-refractivity contribution in [3.63, 3.8) is 0 Å². The van der Waals surface area contributed by atoms with Gasteiger partial charge >= 0.3 is 0 Å². The third-order valence-corrected chi connectivity index (χ3v) is 4.50. The quantitative estimate of drug-likeness (QED) is 0.745. The summed E-state index contributed by atoms with van der Waals surface area (Å²) in [5.41, 5.74) is 0. The summed E-state index contributed by atoms with van der Waals surface area (Å²) in [5.74, 6) is 3.18. The Morgan fingerprint density at radius 3 is 2.52 bits per heavy atom. The van der Waals surface area contributed by atoms with Crippen LogP contribution in [0.25, 0.3) is 0 Å². The van der Waals surface area contributed by atoms with Crippen LogP contribution in [0.15, 0.2) is 16.5 Å². The lowest BCUT2D eigenvalue weighted by Crippen LogP contribution is -2.46. The molecule has 0 radical (unpaired) electrons. The molecule has 1 aliphatic heterocycles. The van der Waals surface area contributed by atoms with E-state index in [1.807, 2.05) is 0 Å². The topological polar surface area (TPSA) is 31.6 Å². The minimum absolute atomic E-state index is 0.850. The molecule has 3 rings (SSSR count). The van der Waals surface area contributed by atoms with Crippen LogP contribution < -0.4 is 5.32 Å². The summed E-state index contributed by atoms with van der Waals surface area (Å²) < 4.78 is 5.92. The van der Waals surface area contributed by atoms with Gasteiger partial charge < -0.3 is 14.6 Å². The molecule has 1 aromatic rings. The Bertz CT molecular complexity index is 419. The zero-order valence-corrected chi connectivity index (χ0v) is 13.3. The normalized spacial score (nSPS) is 21.0. The Labute approximate surface area is 128 Å². The summed E-state index contributed by atoms with van der Waals surface area (Å²) in [5, 5.41) is 3.38. The average Bonchev–Trinajstić information content (AvgIpc) is 3.20. The van der Waals surface area contributed by atoms with Gasteiger partial charge in [-0.15, -0.1) is 0 Å². The molecule has 0 aromatic carbocycles. The first-order chi connectivity index (χ1) is 10.3. The molecule has 1 aromatic heterocycles. The van der Waals surface area contributed by atoms with Gasteiger partial charge in [0.1, 0.15) is 11.5 Å². The van der Waals surface area contributed by atoms with Crippen LogP contribution in [0.4, 0.5) is 0 Å². The van der Waals surface area contributed by atoms with Gasteiger partial charge in [0.25, 0.3) is 0 Å². The van der Waals surface area contributed by atoms with Crippen molar-refractivity contribution in [1.82, 2.24) is 15.1 Å². The molecule has 2 aliphatic rings. The smallest absolute Gasteiger partial charge is 0.118 e. The maximum atomic E-state index is 5.92. The first-order valence-corrected chi connectivity index (χ1v) is 8.56. The molecule has 0 bridgehead atoms. The second-order valence-corrected chi connectivity index (χ2v) is 6.56. The highest BCUT2D eigenvalue weighted by Crippen LogP contribution is 2.30. The highest BCUT2D eigenvalue weighted by atomic mass is 16.3. The van der Waals surface area contributed by atoms with E-state index in [1.54, 1.807) is 0 Å². The number of nitrogens with zero attached hydrogens (tertiary/aromatic N) is 2. The molecular formula is C17H29N3O. The van der Waals surface area contributed by atoms with Crippen molar-refractivity contribution in [3.8, 4) is 0 Å². The molecule has 0 atom stereocenters. The van der Waals surface area contributed by atoms with Gasteiger partial charge in [-0.25, -0.2) is 0 Å². The molecule has 2 fully saturated rings. The van der Waals surface area contributed by atoms with E-state index < -0.39 is 0 Å². The van der Waals surface area contributed by atoms with Gasteiger partial charge in [-0.3, -0.25) is 4.90 Å². The largest absolute Gasteiger partial charge is 0.463 e. The molecule has 1 saturated heterocycles. The van der Waals surface area contributed by atoms with Crippen molar-refractivity contribution in [2.24, 2.45) is 5.92 Å². The highest BCUT2D eigenvalue weighted by molar-refractivity contribution is 5.07. The molecule has 0 unspecified atom stereocenters. The van der Waals surface area contributed by atoms with Crippen molar-refractivity contribution < 1.29 is 4.42 Å². The maximum absolute atomic E-state index is 5.92. The Kier molecular flexibility index (Phi) is 5.33. The predicted octanol–water partition coefficient (Wildman–Crippen LogP) is 2.31. The fraction of sp³-hybridized carbons (Fsp3) is 0.765. The molecule has 118 valence electrons. The Hall–Kier alpha value is -0.840. The van der Waals surface area contributed by atoms with Crippen LogP contribution in [0.1, 0.15) is 37.7 Å². The molecule has 0 spiro atoms. The fourth-order valence-corrected chi connectivity index (χ4v) is 3.01. The Morgan fingerprint density at radius 1 is 1.10 bits per heavy atom. The van der Waals surface area contributed by atoms with Gasteiger partial charge in [0.05, 0.1) is 13.1 Å². The lowest BCUT2D eigenvalue weighted by Gasteiger charge is -2.34. The summed E-state index contributed by atoms with van der Waals surface area (Å²) >= 11 is 0. The maximum Gasteiger partial charge on any atom is 0.118 e. The van der Waals surface area contributed by atoms with Gasteiger partial charge in [0.2, 0.25) is 0 Å². The van der Waals surface area contributed by atoms with Crippen molar-refractivity contribution in [1.29, 1.82) is 0 Å². The summed E-state index contributed by atoms with van der Waals surface area (Å²) in [6, 6.07) is 4.25. The molecule has 4 nitrogen and oxygen atoms in total. The monoisotopic (exact) mass is 291 g/mol. The van der Waals surface area contributed by atoms with Gasteiger partial charge in [0, 0.05) is 32.7 Å². The number of nitrogens with one attached hydrogen (secondary N) is 1. The zero-order valence-electron chi connectivity index (χ0n) is 13.3.